The lowest BCUT2D eigenvalue weighted by molar-refractivity contribution is 0.0959. The van der Waals surface area contributed by atoms with Gasteiger partial charge in [-0.25, -0.2) is 0 Å². The van der Waals surface area contributed by atoms with Crippen molar-refractivity contribution >= 4 is 24.0 Å². The molecule has 0 amide bonds. The molecule has 26 heavy (non-hydrogen) atoms. The normalized spacial score (nSPS) is 18.1. The molecule has 1 aromatic heterocycles. The summed E-state index contributed by atoms with van der Waals surface area (Å²) < 4.78 is 8.59. The summed E-state index contributed by atoms with van der Waals surface area (Å²) in [5.74, 6) is 0.950. The molecule has 134 valence electrons. The Morgan fingerprint density at radius 2 is 1.88 bits per heavy atom. The molecule has 2 aromatic carbocycles. The van der Waals surface area contributed by atoms with Gasteiger partial charge in [-0.2, -0.15) is 5.10 Å². The number of hydrogen-bond donors (Lipinski definition) is 1. The molecule has 2 heterocycles. The van der Waals surface area contributed by atoms with Gasteiger partial charge in [-0.1, -0.05) is 48.5 Å². The van der Waals surface area contributed by atoms with Crippen LogP contribution in [0.5, 0.6) is 0 Å². The van der Waals surface area contributed by atoms with E-state index in [9.17, 15) is 0 Å². The van der Waals surface area contributed by atoms with Crippen LogP contribution in [0.1, 0.15) is 29.5 Å². The van der Waals surface area contributed by atoms with Crippen LogP contribution in [0, 0.1) is 4.77 Å². The average molecular weight is 384 g/mol. The van der Waals surface area contributed by atoms with Crippen LogP contribution in [0.3, 0.4) is 0 Å². The van der Waals surface area contributed by atoms with Crippen LogP contribution in [-0.2, 0) is 11.3 Å². The summed E-state index contributed by atoms with van der Waals surface area (Å²) in [6, 6.07) is 20.9. The van der Waals surface area contributed by atoms with Crippen LogP contribution in [0.4, 0.5) is 0 Å². The zero-order chi connectivity index (χ0) is 17.8. The quantitative estimate of drug-likeness (QED) is 0.480. The Kier molecular flexibility index (Phi) is 5.53. The number of hydrogen-bond acceptors (Lipinski definition) is 4. The molecule has 1 aliphatic rings. The molecule has 2 atom stereocenters. The van der Waals surface area contributed by atoms with Gasteiger partial charge >= 0.3 is 0 Å². The number of ether oxygens (including phenoxy) is 1. The SMILES string of the molecule is S=c1[nH]nc([C@@H](Sc2ccccc2)c2ccccc2)n1C[C@H]1CCCO1. The average Bonchev–Trinajstić information content (AvgIpc) is 3.33. The first kappa shape index (κ1) is 17.5. The maximum atomic E-state index is 5.82. The largest absolute Gasteiger partial charge is 0.376 e. The second-order valence-electron chi connectivity index (χ2n) is 6.35. The molecule has 3 aromatic rings. The zero-order valence-corrected chi connectivity index (χ0v) is 16.0. The molecular formula is C20H21N3OS2. The van der Waals surface area contributed by atoms with Crippen molar-refractivity contribution in [2.75, 3.05) is 6.61 Å². The Labute approximate surface area is 162 Å². The molecule has 4 rings (SSSR count). The number of benzene rings is 2. The molecule has 0 bridgehead atoms. The topological polar surface area (TPSA) is 42.8 Å². The molecule has 6 heteroatoms. The van der Waals surface area contributed by atoms with Crippen LogP contribution in [-0.4, -0.2) is 27.5 Å². The monoisotopic (exact) mass is 383 g/mol. The second-order valence-corrected chi connectivity index (χ2v) is 7.92. The fraction of sp³-hybridized carbons (Fsp3) is 0.300. The lowest BCUT2D eigenvalue weighted by atomic mass is 10.1. The minimum absolute atomic E-state index is 0.0629. The summed E-state index contributed by atoms with van der Waals surface area (Å²) in [4.78, 5) is 1.21. The lowest BCUT2D eigenvalue weighted by Crippen LogP contribution is -2.18. The summed E-state index contributed by atoms with van der Waals surface area (Å²) >= 11 is 7.31. The predicted molar refractivity (Wildman–Crippen MR) is 107 cm³/mol. The summed E-state index contributed by atoms with van der Waals surface area (Å²) in [6.45, 7) is 1.59. The van der Waals surface area contributed by atoms with Gasteiger partial charge in [0, 0.05) is 11.5 Å². The standard InChI is InChI=1S/C20H21N3OS2/c25-20-22-21-19(23(20)14-16-10-7-13-24-16)18(15-8-3-1-4-9-15)26-17-11-5-2-6-12-17/h1-6,8-9,11-12,16,18H,7,10,13-14H2,(H,22,25)/t16-,18+/m1/s1. The Bertz CT molecular complexity index is 886. The Morgan fingerprint density at radius 1 is 1.15 bits per heavy atom. The van der Waals surface area contributed by atoms with Crippen molar-refractivity contribution in [2.24, 2.45) is 0 Å². The van der Waals surface area contributed by atoms with E-state index in [1.54, 1.807) is 11.8 Å². The van der Waals surface area contributed by atoms with Crippen LogP contribution in [0.2, 0.25) is 0 Å². The first-order valence-corrected chi connectivity index (χ1v) is 10.1. The summed E-state index contributed by atoms with van der Waals surface area (Å²) in [5, 5.41) is 7.66. The number of rotatable bonds is 6. The Balaban J connectivity index is 1.71. The number of H-pyrrole nitrogens is 1. The van der Waals surface area contributed by atoms with Crippen molar-refractivity contribution in [3.8, 4) is 0 Å². The number of thioether (sulfide) groups is 1. The first-order valence-electron chi connectivity index (χ1n) is 8.84. The number of aromatic nitrogens is 3. The van der Waals surface area contributed by atoms with Crippen molar-refractivity contribution in [3.05, 3.63) is 76.8 Å². The number of nitrogens with one attached hydrogen (secondary N) is 1. The van der Waals surface area contributed by atoms with Crippen molar-refractivity contribution in [3.63, 3.8) is 0 Å². The molecule has 0 spiro atoms. The molecule has 0 saturated carbocycles. The van der Waals surface area contributed by atoms with Gasteiger partial charge in [0.05, 0.1) is 17.9 Å². The van der Waals surface area contributed by atoms with E-state index < -0.39 is 0 Å². The molecule has 0 aliphatic carbocycles. The van der Waals surface area contributed by atoms with E-state index in [4.69, 9.17) is 17.0 Å². The van der Waals surface area contributed by atoms with Gasteiger partial charge in [-0.3, -0.25) is 5.10 Å². The van der Waals surface area contributed by atoms with Gasteiger partial charge in [-0.15, -0.1) is 11.8 Å². The van der Waals surface area contributed by atoms with Crippen LogP contribution >= 0.6 is 24.0 Å². The fourth-order valence-corrected chi connectivity index (χ4v) is 4.61. The van der Waals surface area contributed by atoms with Crippen LogP contribution in [0.15, 0.2) is 65.6 Å². The highest BCUT2D eigenvalue weighted by molar-refractivity contribution is 7.99. The van der Waals surface area contributed by atoms with Crippen LogP contribution < -0.4 is 0 Å². The number of nitrogens with zero attached hydrogens (tertiary/aromatic N) is 2. The van der Waals surface area contributed by atoms with Gasteiger partial charge in [0.1, 0.15) is 5.82 Å². The van der Waals surface area contributed by atoms with Gasteiger partial charge < -0.3 is 9.30 Å². The third-order valence-electron chi connectivity index (χ3n) is 4.53. The van der Waals surface area contributed by atoms with E-state index in [0.29, 0.717) is 4.77 Å². The highest BCUT2D eigenvalue weighted by Gasteiger charge is 2.25. The third kappa shape index (κ3) is 3.92. The minimum atomic E-state index is 0.0629. The van der Waals surface area contributed by atoms with Crippen molar-refractivity contribution < 1.29 is 4.74 Å². The highest BCUT2D eigenvalue weighted by Crippen LogP contribution is 2.39. The van der Waals surface area contributed by atoms with Crippen molar-refractivity contribution in [1.82, 2.24) is 14.8 Å². The molecule has 1 saturated heterocycles. The smallest absolute Gasteiger partial charge is 0.195 e. The molecule has 0 radical (unpaired) electrons. The highest BCUT2D eigenvalue weighted by atomic mass is 32.2. The fourth-order valence-electron chi connectivity index (χ4n) is 3.23. The molecule has 1 N–H and O–H groups in total. The molecule has 1 fully saturated rings. The Hall–Kier alpha value is -1.89. The van der Waals surface area contributed by atoms with Gasteiger partial charge in [-0.05, 0) is 42.8 Å². The first-order chi connectivity index (χ1) is 12.8. The van der Waals surface area contributed by atoms with Gasteiger partial charge in [0.25, 0.3) is 0 Å². The summed E-state index contributed by atoms with van der Waals surface area (Å²) in [6.07, 6.45) is 2.41. The van der Waals surface area contributed by atoms with E-state index in [1.165, 1.54) is 10.5 Å². The zero-order valence-electron chi connectivity index (χ0n) is 14.4. The van der Waals surface area contributed by atoms with E-state index in [2.05, 4.69) is 63.3 Å². The van der Waals surface area contributed by atoms with E-state index in [-0.39, 0.29) is 11.4 Å². The molecule has 0 unspecified atom stereocenters. The third-order valence-corrected chi connectivity index (χ3v) is 6.11. The summed E-state index contributed by atoms with van der Waals surface area (Å²) in [7, 11) is 0. The van der Waals surface area contributed by atoms with E-state index >= 15 is 0 Å². The van der Waals surface area contributed by atoms with Gasteiger partial charge in [0.15, 0.2) is 4.77 Å². The number of aromatic amines is 1. The molecular weight excluding hydrogens is 362 g/mol. The Morgan fingerprint density at radius 3 is 2.58 bits per heavy atom. The van der Waals surface area contributed by atoms with E-state index in [0.717, 1.165) is 31.8 Å². The maximum Gasteiger partial charge on any atom is 0.195 e. The lowest BCUT2D eigenvalue weighted by Gasteiger charge is -2.19. The molecule has 1 aliphatic heterocycles. The predicted octanol–water partition coefficient (Wildman–Crippen LogP) is 5.00. The van der Waals surface area contributed by atoms with E-state index in [1.807, 2.05) is 12.1 Å². The second kappa shape index (κ2) is 8.20. The van der Waals surface area contributed by atoms with Gasteiger partial charge in [0.2, 0.25) is 0 Å². The minimum Gasteiger partial charge on any atom is -0.376 e. The van der Waals surface area contributed by atoms with Crippen molar-refractivity contribution in [2.45, 2.75) is 35.6 Å². The maximum absolute atomic E-state index is 5.82. The van der Waals surface area contributed by atoms with Crippen LogP contribution in [0.25, 0.3) is 0 Å². The van der Waals surface area contributed by atoms with Crippen molar-refractivity contribution in [1.29, 1.82) is 0 Å². The molecule has 4 nitrogen and oxygen atoms in total. The summed E-state index contributed by atoms with van der Waals surface area (Å²) in [5.41, 5.74) is 1.21.